The van der Waals surface area contributed by atoms with Crippen LogP contribution >= 0.6 is 0 Å². The molecule has 0 fully saturated rings. The molecule has 0 bridgehead atoms. The Morgan fingerprint density at radius 1 is 0.946 bits per heavy atom. The summed E-state index contributed by atoms with van der Waals surface area (Å²) >= 11 is 0. The summed E-state index contributed by atoms with van der Waals surface area (Å²) in [7, 11) is 0. The predicted octanol–water partition coefficient (Wildman–Crippen LogP) is 5.28. The molecule has 0 aromatic carbocycles. The van der Waals surface area contributed by atoms with Crippen molar-refractivity contribution in [2.45, 2.75) is 129 Å². The third kappa shape index (κ3) is 12.7. The van der Waals surface area contributed by atoms with Gasteiger partial charge in [0, 0.05) is 12.8 Å². The lowest BCUT2D eigenvalue weighted by Gasteiger charge is -2.26. The van der Waals surface area contributed by atoms with Gasteiger partial charge >= 0.3 is 5.97 Å². The predicted molar refractivity (Wildman–Crippen MR) is 139 cm³/mol. The SMILES string of the molecule is CC(C)CCCCCCCCCCCC(=O)O[C@H]([C@H](C)O)[C@@H](O)C[C@@H](O)c1coc(Cc2cnco2)n1. The number of esters is 1. The number of unbranched alkanes of at least 4 members (excludes halogenated alkanes) is 8. The molecular formula is C28H46N2O7. The van der Waals surface area contributed by atoms with Gasteiger partial charge in [-0.25, -0.2) is 9.97 Å². The van der Waals surface area contributed by atoms with Gasteiger partial charge in [-0.1, -0.05) is 71.6 Å². The molecule has 37 heavy (non-hydrogen) atoms. The van der Waals surface area contributed by atoms with E-state index >= 15 is 0 Å². The minimum atomic E-state index is -1.27. The summed E-state index contributed by atoms with van der Waals surface area (Å²) in [6.45, 7) is 5.99. The lowest BCUT2D eigenvalue weighted by atomic mass is 10.0. The molecule has 9 nitrogen and oxygen atoms in total. The maximum Gasteiger partial charge on any atom is 0.306 e. The molecule has 0 saturated heterocycles. The van der Waals surface area contributed by atoms with Crippen molar-refractivity contribution in [3.05, 3.63) is 36.2 Å². The molecule has 210 valence electrons. The number of carbonyl (C=O) groups excluding carboxylic acids is 1. The largest absolute Gasteiger partial charge is 0.457 e. The highest BCUT2D eigenvalue weighted by Crippen LogP contribution is 2.23. The van der Waals surface area contributed by atoms with Gasteiger partial charge in [0.15, 0.2) is 12.5 Å². The number of aliphatic hydroxyl groups is 3. The second kappa shape index (κ2) is 17.3. The molecule has 2 heterocycles. The molecule has 0 saturated carbocycles. The molecular weight excluding hydrogens is 476 g/mol. The van der Waals surface area contributed by atoms with E-state index in [4.69, 9.17) is 13.6 Å². The van der Waals surface area contributed by atoms with Crippen molar-refractivity contribution in [1.82, 2.24) is 9.97 Å². The van der Waals surface area contributed by atoms with Crippen LogP contribution in [0.3, 0.4) is 0 Å². The standard InChI is InChI=1S/C28H46N2O7/c1-20(2)13-11-9-7-5-4-6-8-10-12-14-27(34)37-28(21(3)31)25(33)16-24(32)23-18-35-26(30-23)15-22-17-29-19-36-22/h17-21,24-25,28,31-33H,4-16H2,1-3H3/t21-,24+,25-,28+/m0/s1. The first kappa shape index (κ1) is 31.0. The molecule has 2 aromatic heterocycles. The third-order valence-electron chi connectivity index (χ3n) is 6.47. The van der Waals surface area contributed by atoms with E-state index in [2.05, 4.69) is 23.8 Å². The van der Waals surface area contributed by atoms with Crippen LogP contribution in [0.15, 0.2) is 27.7 Å². The molecule has 0 amide bonds. The average molecular weight is 523 g/mol. The molecule has 0 aliphatic heterocycles. The summed E-state index contributed by atoms with van der Waals surface area (Å²) in [6.07, 6.45) is 11.5. The van der Waals surface area contributed by atoms with E-state index in [0.717, 1.165) is 18.8 Å². The first-order valence-corrected chi connectivity index (χ1v) is 13.8. The van der Waals surface area contributed by atoms with Crippen LogP contribution in [-0.4, -0.2) is 49.6 Å². The maximum absolute atomic E-state index is 12.3. The van der Waals surface area contributed by atoms with Crippen LogP contribution in [-0.2, 0) is 16.0 Å². The number of aliphatic hydroxyl groups excluding tert-OH is 3. The number of nitrogens with zero attached hydrogens (tertiary/aromatic N) is 2. The van der Waals surface area contributed by atoms with Crippen LogP contribution in [0.4, 0.5) is 0 Å². The molecule has 2 rings (SSSR count). The fraction of sp³-hybridized carbons (Fsp3) is 0.750. The Balaban J connectivity index is 1.63. The Morgan fingerprint density at radius 2 is 1.59 bits per heavy atom. The lowest BCUT2D eigenvalue weighted by molar-refractivity contribution is -0.165. The number of hydrogen-bond donors (Lipinski definition) is 3. The molecule has 0 aliphatic rings. The zero-order valence-corrected chi connectivity index (χ0v) is 22.7. The van der Waals surface area contributed by atoms with Crippen molar-refractivity contribution in [3.8, 4) is 0 Å². The van der Waals surface area contributed by atoms with Crippen molar-refractivity contribution in [1.29, 1.82) is 0 Å². The highest BCUT2D eigenvalue weighted by Gasteiger charge is 2.31. The van der Waals surface area contributed by atoms with Crippen molar-refractivity contribution in [3.63, 3.8) is 0 Å². The van der Waals surface area contributed by atoms with E-state index in [-0.39, 0.29) is 25.0 Å². The van der Waals surface area contributed by atoms with Crippen molar-refractivity contribution in [2.75, 3.05) is 0 Å². The first-order valence-electron chi connectivity index (χ1n) is 13.8. The van der Waals surface area contributed by atoms with Gasteiger partial charge in [-0.2, -0.15) is 0 Å². The molecule has 0 radical (unpaired) electrons. The fourth-order valence-corrected chi connectivity index (χ4v) is 4.29. The molecule has 2 aromatic rings. The number of oxazole rings is 2. The summed E-state index contributed by atoms with van der Waals surface area (Å²) in [4.78, 5) is 20.3. The average Bonchev–Trinajstić information content (AvgIpc) is 3.53. The summed E-state index contributed by atoms with van der Waals surface area (Å²) in [5, 5.41) is 31.1. The van der Waals surface area contributed by atoms with E-state index < -0.39 is 30.4 Å². The van der Waals surface area contributed by atoms with E-state index in [1.54, 1.807) is 6.20 Å². The number of rotatable bonds is 20. The highest BCUT2D eigenvalue weighted by molar-refractivity contribution is 5.69. The van der Waals surface area contributed by atoms with Crippen LogP contribution in [0.2, 0.25) is 0 Å². The van der Waals surface area contributed by atoms with Gasteiger partial charge in [0.05, 0.1) is 24.8 Å². The Morgan fingerprint density at radius 3 is 2.19 bits per heavy atom. The fourth-order valence-electron chi connectivity index (χ4n) is 4.29. The maximum atomic E-state index is 12.3. The van der Waals surface area contributed by atoms with Crippen LogP contribution in [0.5, 0.6) is 0 Å². The second-order valence-electron chi connectivity index (χ2n) is 10.4. The van der Waals surface area contributed by atoms with Crippen LogP contribution in [0, 0.1) is 5.92 Å². The van der Waals surface area contributed by atoms with Gasteiger partial charge in [-0.05, 0) is 19.3 Å². The number of aromatic nitrogens is 2. The topological polar surface area (TPSA) is 139 Å². The Bertz CT molecular complexity index is 851. The molecule has 0 unspecified atom stereocenters. The van der Waals surface area contributed by atoms with Crippen molar-refractivity contribution < 1.29 is 33.7 Å². The van der Waals surface area contributed by atoms with Gasteiger partial charge < -0.3 is 28.9 Å². The van der Waals surface area contributed by atoms with Crippen molar-refractivity contribution >= 4 is 5.97 Å². The van der Waals surface area contributed by atoms with Crippen LogP contribution < -0.4 is 0 Å². The minimum absolute atomic E-state index is 0.172. The Labute approximate surface area is 220 Å². The monoisotopic (exact) mass is 522 g/mol. The van der Waals surface area contributed by atoms with E-state index in [1.165, 1.54) is 64.5 Å². The summed E-state index contributed by atoms with van der Waals surface area (Å²) in [5.41, 5.74) is 0.236. The molecule has 0 aliphatic carbocycles. The van der Waals surface area contributed by atoms with E-state index in [1.807, 2.05) is 0 Å². The van der Waals surface area contributed by atoms with E-state index in [9.17, 15) is 20.1 Å². The third-order valence-corrected chi connectivity index (χ3v) is 6.47. The lowest BCUT2D eigenvalue weighted by Crippen LogP contribution is -2.40. The number of ether oxygens (including phenoxy) is 1. The van der Waals surface area contributed by atoms with Gasteiger partial charge in [0.25, 0.3) is 0 Å². The van der Waals surface area contributed by atoms with Gasteiger partial charge in [0.2, 0.25) is 5.89 Å². The summed E-state index contributed by atoms with van der Waals surface area (Å²) in [5.74, 6) is 1.24. The number of hydrogen-bond acceptors (Lipinski definition) is 9. The Hall–Kier alpha value is -2.23. The molecule has 3 N–H and O–H groups in total. The summed E-state index contributed by atoms with van der Waals surface area (Å²) in [6, 6.07) is 0. The minimum Gasteiger partial charge on any atom is -0.457 e. The van der Waals surface area contributed by atoms with Crippen LogP contribution in [0.25, 0.3) is 0 Å². The molecule has 9 heteroatoms. The zero-order valence-electron chi connectivity index (χ0n) is 22.7. The quantitative estimate of drug-likeness (QED) is 0.157. The van der Waals surface area contributed by atoms with E-state index in [0.29, 0.717) is 18.1 Å². The first-order chi connectivity index (χ1) is 17.8. The molecule has 4 atom stereocenters. The normalized spacial score (nSPS) is 15.0. The smallest absolute Gasteiger partial charge is 0.306 e. The van der Waals surface area contributed by atoms with Gasteiger partial charge in [0.1, 0.15) is 23.8 Å². The second-order valence-corrected chi connectivity index (χ2v) is 10.4. The highest BCUT2D eigenvalue weighted by atomic mass is 16.6. The van der Waals surface area contributed by atoms with Gasteiger partial charge in [-0.15, -0.1) is 0 Å². The summed E-state index contributed by atoms with van der Waals surface area (Å²) < 4.78 is 15.9. The molecule has 0 spiro atoms. The van der Waals surface area contributed by atoms with Crippen LogP contribution in [0.1, 0.15) is 121 Å². The number of carbonyl (C=O) groups is 1. The zero-order chi connectivity index (χ0) is 27.0. The van der Waals surface area contributed by atoms with Gasteiger partial charge in [-0.3, -0.25) is 4.79 Å². The Kier molecular flexibility index (Phi) is 14.5. The van der Waals surface area contributed by atoms with Crippen molar-refractivity contribution in [2.24, 2.45) is 5.92 Å².